The maximum Gasteiger partial charge on any atom is 0.308 e. The van der Waals surface area contributed by atoms with Gasteiger partial charge < -0.3 is 14.8 Å². The number of ether oxygens (including phenoxy) is 2. The van der Waals surface area contributed by atoms with Gasteiger partial charge in [0.25, 0.3) is 5.91 Å². The SMILES string of the molecule is COc1ccc(C(CC(=O)OC(C)C)NC(=O)c2ccc(CSC)cc2)cc1. The third-order valence-electron chi connectivity index (χ3n) is 4.09. The van der Waals surface area contributed by atoms with Gasteiger partial charge in [0.2, 0.25) is 0 Å². The molecule has 1 unspecified atom stereocenters. The molecule has 6 heteroatoms. The summed E-state index contributed by atoms with van der Waals surface area (Å²) in [6, 6.07) is 14.3. The van der Waals surface area contributed by atoms with Crippen LogP contribution in [0, 0.1) is 0 Å². The van der Waals surface area contributed by atoms with Crippen LogP contribution in [0.15, 0.2) is 48.5 Å². The fourth-order valence-electron chi connectivity index (χ4n) is 2.73. The highest BCUT2D eigenvalue weighted by molar-refractivity contribution is 7.97. The van der Waals surface area contributed by atoms with Crippen molar-refractivity contribution in [3.63, 3.8) is 0 Å². The number of rotatable bonds is 9. The van der Waals surface area contributed by atoms with E-state index in [2.05, 4.69) is 5.32 Å². The Morgan fingerprint density at radius 1 is 1.04 bits per heavy atom. The lowest BCUT2D eigenvalue weighted by atomic mass is 10.0. The van der Waals surface area contributed by atoms with E-state index in [1.807, 2.05) is 30.5 Å². The molecule has 0 saturated heterocycles. The van der Waals surface area contributed by atoms with Crippen molar-refractivity contribution < 1.29 is 19.1 Å². The van der Waals surface area contributed by atoms with Crippen LogP contribution in [0.2, 0.25) is 0 Å². The molecular weight excluding hydrogens is 374 g/mol. The summed E-state index contributed by atoms with van der Waals surface area (Å²) in [5.74, 6) is 1.03. The third kappa shape index (κ3) is 6.60. The fourth-order valence-corrected chi connectivity index (χ4v) is 3.25. The molecule has 0 saturated carbocycles. The number of esters is 1. The number of hydrogen-bond acceptors (Lipinski definition) is 5. The first-order valence-corrected chi connectivity index (χ1v) is 10.5. The zero-order chi connectivity index (χ0) is 20.5. The first-order chi connectivity index (χ1) is 13.4. The van der Waals surface area contributed by atoms with Gasteiger partial charge in [-0.2, -0.15) is 11.8 Å². The van der Waals surface area contributed by atoms with Crippen LogP contribution in [0.1, 0.15) is 47.8 Å². The number of thioether (sulfide) groups is 1. The van der Waals surface area contributed by atoms with Gasteiger partial charge in [0.1, 0.15) is 5.75 Å². The van der Waals surface area contributed by atoms with Crippen LogP contribution in [-0.2, 0) is 15.3 Å². The second kappa shape index (κ2) is 10.8. The van der Waals surface area contributed by atoms with Crippen LogP contribution >= 0.6 is 11.8 Å². The van der Waals surface area contributed by atoms with Crippen LogP contribution < -0.4 is 10.1 Å². The summed E-state index contributed by atoms with van der Waals surface area (Å²) in [7, 11) is 1.59. The Kier molecular flexibility index (Phi) is 8.39. The van der Waals surface area contributed by atoms with Crippen LogP contribution in [0.25, 0.3) is 0 Å². The number of carbonyl (C=O) groups is 2. The first-order valence-electron chi connectivity index (χ1n) is 9.15. The molecule has 0 radical (unpaired) electrons. The number of amides is 1. The molecular formula is C22H27NO4S. The largest absolute Gasteiger partial charge is 0.497 e. The molecule has 0 spiro atoms. The number of nitrogens with one attached hydrogen (secondary N) is 1. The second-order valence-electron chi connectivity index (χ2n) is 6.67. The van der Waals surface area contributed by atoms with Gasteiger partial charge in [-0.05, 0) is 55.5 Å². The van der Waals surface area contributed by atoms with Crippen molar-refractivity contribution in [3.8, 4) is 5.75 Å². The maximum absolute atomic E-state index is 12.7. The van der Waals surface area contributed by atoms with Gasteiger partial charge in [-0.25, -0.2) is 0 Å². The fraction of sp³-hybridized carbons (Fsp3) is 0.364. The molecule has 0 fully saturated rings. The predicted molar refractivity (Wildman–Crippen MR) is 113 cm³/mol. The molecule has 0 aliphatic heterocycles. The van der Waals surface area contributed by atoms with E-state index in [9.17, 15) is 9.59 Å². The number of carbonyl (C=O) groups excluding carboxylic acids is 2. The molecule has 28 heavy (non-hydrogen) atoms. The van der Waals surface area contributed by atoms with E-state index < -0.39 is 6.04 Å². The predicted octanol–water partition coefficient (Wildman–Crippen LogP) is 4.37. The highest BCUT2D eigenvalue weighted by atomic mass is 32.2. The lowest BCUT2D eigenvalue weighted by molar-refractivity contribution is -0.147. The number of benzene rings is 2. The van der Waals surface area contributed by atoms with E-state index in [1.54, 1.807) is 57.0 Å². The standard InChI is InChI=1S/C22H27NO4S/c1-15(2)27-21(24)13-20(17-9-11-19(26-3)12-10-17)23-22(25)18-7-5-16(6-8-18)14-28-4/h5-12,15,20H,13-14H2,1-4H3,(H,23,25). The zero-order valence-corrected chi connectivity index (χ0v) is 17.5. The summed E-state index contributed by atoms with van der Waals surface area (Å²) in [4.78, 5) is 24.9. The molecule has 5 nitrogen and oxygen atoms in total. The van der Waals surface area contributed by atoms with Crippen molar-refractivity contribution >= 4 is 23.6 Å². The van der Waals surface area contributed by atoms with E-state index in [4.69, 9.17) is 9.47 Å². The average molecular weight is 402 g/mol. The molecule has 1 amide bonds. The second-order valence-corrected chi connectivity index (χ2v) is 7.54. The molecule has 0 aromatic heterocycles. The Bertz CT molecular complexity index is 772. The van der Waals surface area contributed by atoms with Crippen molar-refractivity contribution in [2.24, 2.45) is 0 Å². The molecule has 2 rings (SSSR count). The van der Waals surface area contributed by atoms with E-state index >= 15 is 0 Å². The minimum Gasteiger partial charge on any atom is -0.497 e. The lowest BCUT2D eigenvalue weighted by Crippen LogP contribution is -2.31. The normalized spacial score (nSPS) is 11.8. The smallest absolute Gasteiger partial charge is 0.308 e. The van der Waals surface area contributed by atoms with Gasteiger partial charge in [0.15, 0.2) is 0 Å². The summed E-state index contributed by atoms with van der Waals surface area (Å²) in [5, 5.41) is 2.96. The van der Waals surface area contributed by atoms with Gasteiger partial charge in [0, 0.05) is 11.3 Å². The Morgan fingerprint density at radius 3 is 2.21 bits per heavy atom. The molecule has 1 atom stereocenters. The molecule has 1 N–H and O–H groups in total. The Hall–Kier alpha value is -2.47. The summed E-state index contributed by atoms with van der Waals surface area (Å²) < 4.78 is 10.4. The monoisotopic (exact) mass is 401 g/mol. The molecule has 0 aliphatic carbocycles. The van der Waals surface area contributed by atoms with Crippen molar-refractivity contribution in [1.29, 1.82) is 0 Å². The minimum absolute atomic E-state index is 0.0564. The van der Waals surface area contributed by atoms with Crippen LogP contribution in [0.4, 0.5) is 0 Å². The van der Waals surface area contributed by atoms with Crippen molar-refractivity contribution in [2.75, 3.05) is 13.4 Å². The van der Waals surface area contributed by atoms with E-state index in [-0.39, 0.29) is 24.4 Å². The third-order valence-corrected chi connectivity index (χ3v) is 4.71. The maximum atomic E-state index is 12.7. The van der Waals surface area contributed by atoms with Gasteiger partial charge in [-0.3, -0.25) is 9.59 Å². The molecule has 2 aromatic carbocycles. The van der Waals surface area contributed by atoms with Crippen LogP contribution in [-0.4, -0.2) is 31.3 Å². The first kappa shape index (κ1) is 21.8. The quantitative estimate of drug-likeness (QED) is 0.632. The summed E-state index contributed by atoms with van der Waals surface area (Å²) in [6.45, 7) is 3.60. The van der Waals surface area contributed by atoms with E-state index in [0.717, 1.165) is 16.9 Å². The molecule has 0 aliphatic rings. The van der Waals surface area contributed by atoms with Crippen LogP contribution in [0.3, 0.4) is 0 Å². The molecule has 2 aromatic rings. The minimum atomic E-state index is -0.490. The topological polar surface area (TPSA) is 64.6 Å². The number of hydrogen-bond donors (Lipinski definition) is 1. The summed E-state index contributed by atoms with van der Waals surface area (Å²) in [5.41, 5.74) is 2.53. The molecule has 150 valence electrons. The summed E-state index contributed by atoms with van der Waals surface area (Å²) in [6.07, 6.45) is 1.89. The Morgan fingerprint density at radius 2 is 1.68 bits per heavy atom. The van der Waals surface area contributed by atoms with Crippen LogP contribution in [0.5, 0.6) is 5.75 Å². The molecule has 0 bridgehead atoms. The molecule has 0 heterocycles. The van der Waals surface area contributed by atoms with Gasteiger partial charge >= 0.3 is 5.97 Å². The number of methoxy groups -OCH3 is 1. The highest BCUT2D eigenvalue weighted by Gasteiger charge is 2.21. The van der Waals surface area contributed by atoms with Gasteiger partial charge in [-0.1, -0.05) is 24.3 Å². The zero-order valence-electron chi connectivity index (χ0n) is 16.7. The van der Waals surface area contributed by atoms with Crippen molar-refractivity contribution in [3.05, 3.63) is 65.2 Å². The van der Waals surface area contributed by atoms with E-state index in [1.165, 1.54) is 0 Å². The summed E-state index contributed by atoms with van der Waals surface area (Å²) >= 11 is 1.73. The van der Waals surface area contributed by atoms with Gasteiger partial charge in [-0.15, -0.1) is 0 Å². The lowest BCUT2D eigenvalue weighted by Gasteiger charge is -2.20. The highest BCUT2D eigenvalue weighted by Crippen LogP contribution is 2.22. The van der Waals surface area contributed by atoms with Crippen molar-refractivity contribution in [2.45, 2.75) is 38.2 Å². The van der Waals surface area contributed by atoms with Gasteiger partial charge in [0.05, 0.1) is 25.7 Å². The van der Waals surface area contributed by atoms with E-state index in [0.29, 0.717) is 11.3 Å². The average Bonchev–Trinajstić information content (AvgIpc) is 2.67. The van der Waals surface area contributed by atoms with Crippen molar-refractivity contribution in [1.82, 2.24) is 5.32 Å². The Labute approximate surface area is 170 Å². The Balaban J connectivity index is 2.17.